The van der Waals surface area contributed by atoms with Crippen molar-refractivity contribution in [1.29, 1.82) is 0 Å². The van der Waals surface area contributed by atoms with Crippen LogP contribution in [0.5, 0.6) is 0 Å². The molecule has 6 heteroatoms. The van der Waals surface area contributed by atoms with E-state index < -0.39 is 0 Å². The van der Waals surface area contributed by atoms with Gasteiger partial charge in [0.05, 0.1) is 23.8 Å². The Labute approximate surface area is 127 Å². The molecule has 2 fully saturated rings. The normalized spacial score (nSPS) is 21.9. The summed E-state index contributed by atoms with van der Waals surface area (Å²) < 4.78 is 1.92. The third kappa shape index (κ3) is 2.60. The minimum atomic E-state index is 0.147. The average Bonchev–Trinajstić information content (AvgIpc) is 2.96. The Bertz CT molecular complexity index is 632. The van der Waals surface area contributed by atoms with Gasteiger partial charge in [0.2, 0.25) is 0 Å². The summed E-state index contributed by atoms with van der Waals surface area (Å²) in [6, 6.07) is 2.18. The summed E-state index contributed by atoms with van der Waals surface area (Å²) in [5, 5.41) is 5.39. The first-order valence-corrected chi connectivity index (χ1v) is 8.37. The van der Waals surface area contributed by atoms with E-state index in [1.54, 1.807) is 23.7 Å². The number of amides is 1. The maximum Gasteiger partial charge on any atom is 0.265 e. The zero-order valence-corrected chi connectivity index (χ0v) is 12.6. The summed E-state index contributed by atoms with van der Waals surface area (Å²) in [5.41, 5.74) is 0. The molecule has 1 amide bonds. The van der Waals surface area contributed by atoms with Crippen LogP contribution in [0.4, 0.5) is 0 Å². The highest BCUT2D eigenvalue weighted by atomic mass is 32.1. The number of rotatable bonds is 4. The molecule has 4 rings (SSSR count). The second-order valence-electron chi connectivity index (χ2n) is 5.86. The van der Waals surface area contributed by atoms with Gasteiger partial charge >= 0.3 is 0 Å². The SMILES string of the molecule is O=C(c1cnc(C2CC2)s1)N1CCC[C@@H]1Cn1cccn1. The zero-order valence-electron chi connectivity index (χ0n) is 11.8. The molecular weight excluding hydrogens is 284 g/mol. The van der Waals surface area contributed by atoms with Crippen molar-refractivity contribution in [2.75, 3.05) is 6.54 Å². The van der Waals surface area contributed by atoms with Crippen LogP contribution in [0, 0.1) is 0 Å². The molecule has 1 aliphatic heterocycles. The fourth-order valence-corrected chi connectivity index (χ4v) is 4.01. The number of likely N-dealkylation sites (tertiary alicyclic amines) is 1. The van der Waals surface area contributed by atoms with Gasteiger partial charge in [0, 0.05) is 24.9 Å². The number of thiazole rings is 1. The van der Waals surface area contributed by atoms with Gasteiger partial charge in [0.15, 0.2) is 0 Å². The van der Waals surface area contributed by atoms with Crippen LogP contribution in [-0.4, -0.2) is 38.2 Å². The van der Waals surface area contributed by atoms with Crippen LogP contribution in [0.25, 0.3) is 0 Å². The molecule has 0 bridgehead atoms. The highest BCUT2D eigenvalue weighted by molar-refractivity contribution is 7.13. The number of nitrogens with zero attached hydrogens (tertiary/aromatic N) is 4. The third-order valence-electron chi connectivity index (χ3n) is 4.26. The molecule has 0 aromatic carbocycles. The largest absolute Gasteiger partial charge is 0.333 e. The molecule has 0 spiro atoms. The standard InChI is InChI=1S/C15H18N4OS/c20-15(13-9-16-14(21-13)11-4-5-11)19-8-1-3-12(19)10-18-7-2-6-17-18/h2,6-7,9,11-12H,1,3-5,8,10H2/t12-/m1/s1. The van der Waals surface area contributed by atoms with E-state index in [0.29, 0.717) is 5.92 Å². The Kier molecular flexibility index (Phi) is 3.25. The fourth-order valence-electron chi connectivity index (χ4n) is 2.96. The molecule has 5 nitrogen and oxygen atoms in total. The number of carbonyl (C=O) groups is 1. The molecule has 2 aromatic heterocycles. The lowest BCUT2D eigenvalue weighted by atomic mass is 10.2. The Morgan fingerprint density at radius 1 is 1.38 bits per heavy atom. The first-order chi connectivity index (χ1) is 10.3. The van der Waals surface area contributed by atoms with Crippen LogP contribution < -0.4 is 0 Å². The van der Waals surface area contributed by atoms with Gasteiger partial charge in [-0.3, -0.25) is 9.48 Å². The second kappa shape index (κ2) is 5.26. The number of hydrogen-bond acceptors (Lipinski definition) is 4. The minimum absolute atomic E-state index is 0.147. The molecule has 110 valence electrons. The first kappa shape index (κ1) is 13.0. The van der Waals surface area contributed by atoms with E-state index in [1.807, 2.05) is 21.8 Å². The summed E-state index contributed by atoms with van der Waals surface area (Å²) in [6.45, 7) is 1.63. The predicted molar refractivity (Wildman–Crippen MR) is 80.4 cm³/mol. The van der Waals surface area contributed by atoms with Gasteiger partial charge in [-0.25, -0.2) is 4.98 Å². The zero-order chi connectivity index (χ0) is 14.2. The summed E-state index contributed by atoms with van der Waals surface area (Å²) >= 11 is 1.58. The van der Waals surface area contributed by atoms with E-state index in [2.05, 4.69) is 10.1 Å². The van der Waals surface area contributed by atoms with Crippen molar-refractivity contribution in [3.05, 3.63) is 34.5 Å². The third-order valence-corrected chi connectivity index (χ3v) is 5.40. The Balaban J connectivity index is 1.48. The summed E-state index contributed by atoms with van der Waals surface area (Å²) in [7, 11) is 0. The lowest BCUT2D eigenvalue weighted by molar-refractivity contribution is 0.0726. The highest BCUT2D eigenvalue weighted by Gasteiger charge is 2.32. The van der Waals surface area contributed by atoms with Crippen LogP contribution >= 0.6 is 11.3 Å². The Morgan fingerprint density at radius 2 is 2.29 bits per heavy atom. The lowest BCUT2D eigenvalue weighted by Gasteiger charge is -2.24. The summed E-state index contributed by atoms with van der Waals surface area (Å²) in [5.74, 6) is 0.768. The molecule has 1 saturated heterocycles. The summed E-state index contributed by atoms with van der Waals surface area (Å²) in [6.07, 6.45) is 10.1. The molecule has 1 atom stereocenters. The van der Waals surface area contributed by atoms with Gasteiger partial charge in [-0.05, 0) is 31.7 Å². The van der Waals surface area contributed by atoms with E-state index in [1.165, 1.54) is 12.8 Å². The van der Waals surface area contributed by atoms with Gasteiger partial charge in [-0.2, -0.15) is 5.10 Å². The highest BCUT2D eigenvalue weighted by Crippen LogP contribution is 2.42. The average molecular weight is 302 g/mol. The Morgan fingerprint density at radius 3 is 3.05 bits per heavy atom. The van der Waals surface area contributed by atoms with Crippen molar-refractivity contribution in [3.8, 4) is 0 Å². The minimum Gasteiger partial charge on any atom is -0.333 e. The van der Waals surface area contributed by atoms with Crippen LogP contribution in [0.1, 0.15) is 46.3 Å². The van der Waals surface area contributed by atoms with Crippen molar-refractivity contribution < 1.29 is 4.79 Å². The van der Waals surface area contributed by atoms with E-state index in [-0.39, 0.29) is 11.9 Å². The van der Waals surface area contributed by atoms with Gasteiger partial charge < -0.3 is 4.90 Å². The van der Waals surface area contributed by atoms with Crippen LogP contribution in [0.3, 0.4) is 0 Å². The lowest BCUT2D eigenvalue weighted by Crippen LogP contribution is -2.37. The topological polar surface area (TPSA) is 51.0 Å². The second-order valence-corrected chi connectivity index (χ2v) is 6.92. The van der Waals surface area contributed by atoms with E-state index in [4.69, 9.17) is 0 Å². The quantitative estimate of drug-likeness (QED) is 0.872. The first-order valence-electron chi connectivity index (χ1n) is 7.55. The van der Waals surface area contributed by atoms with Gasteiger partial charge in [-0.15, -0.1) is 11.3 Å². The Hall–Kier alpha value is -1.69. The molecule has 0 unspecified atom stereocenters. The number of carbonyl (C=O) groups excluding carboxylic acids is 1. The molecule has 21 heavy (non-hydrogen) atoms. The van der Waals surface area contributed by atoms with Crippen molar-refractivity contribution in [2.24, 2.45) is 0 Å². The maximum absolute atomic E-state index is 12.7. The van der Waals surface area contributed by atoms with Gasteiger partial charge in [-0.1, -0.05) is 0 Å². The predicted octanol–water partition coefficient (Wildman–Crippen LogP) is 2.52. The van der Waals surface area contributed by atoms with Crippen molar-refractivity contribution in [2.45, 2.75) is 44.2 Å². The molecule has 1 saturated carbocycles. The van der Waals surface area contributed by atoms with E-state index in [9.17, 15) is 4.79 Å². The van der Waals surface area contributed by atoms with Crippen molar-refractivity contribution in [3.63, 3.8) is 0 Å². The number of aromatic nitrogens is 3. The molecule has 2 aliphatic rings. The van der Waals surface area contributed by atoms with Crippen LogP contribution in [-0.2, 0) is 6.54 Å². The molecule has 0 N–H and O–H groups in total. The van der Waals surface area contributed by atoms with Crippen LogP contribution in [0.2, 0.25) is 0 Å². The molecule has 0 radical (unpaired) electrons. The van der Waals surface area contributed by atoms with Crippen molar-refractivity contribution in [1.82, 2.24) is 19.7 Å². The van der Waals surface area contributed by atoms with Crippen LogP contribution in [0.15, 0.2) is 24.7 Å². The molecule has 3 heterocycles. The molecule has 1 aliphatic carbocycles. The van der Waals surface area contributed by atoms with Gasteiger partial charge in [0.1, 0.15) is 4.88 Å². The number of hydrogen-bond donors (Lipinski definition) is 0. The smallest absolute Gasteiger partial charge is 0.265 e. The summed E-state index contributed by atoms with van der Waals surface area (Å²) in [4.78, 5) is 19.9. The van der Waals surface area contributed by atoms with E-state index in [0.717, 1.165) is 35.8 Å². The molecule has 2 aromatic rings. The van der Waals surface area contributed by atoms with Crippen molar-refractivity contribution >= 4 is 17.2 Å². The van der Waals surface area contributed by atoms with Gasteiger partial charge in [0.25, 0.3) is 5.91 Å². The fraction of sp³-hybridized carbons (Fsp3) is 0.533. The van der Waals surface area contributed by atoms with E-state index >= 15 is 0 Å². The monoisotopic (exact) mass is 302 g/mol. The molecular formula is C15H18N4OS. The maximum atomic E-state index is 12.7.